The fourth-order valence-corrected chi connectivity index (χ4v) is 2.65. The van der Waals surface area contributed by atoms with Crippen molar-refractivity contribution in [2.24, 2.45) is 5.73 Å². The summed E-state index contributed by atoms with van der Waals surface area (Å²) in [7, 11) is 0. The number of hydrogen-bond donors (Lipinski definition) is 1. The van der Waals surface area contributed by atoms with E-state index in [1.54, 1.807) is 36.4 Å². The van der Waals surface area contributed by atoms with Crippen LogP contribution in [-0.4, -0.2) is 10.9 Å². The van der Waals surface area contributed by atoms with Crippen LogP contribution >= 0.6 is 0 Å². The van der Waals surface area contributed by atoms with Gasteiger partial charge in [0, 0.05) is 23.7 Å². The van der Waals surface area contributed by atoms with Gasteiger partial charge in [0.05, 0.1) is 11.3 Å². The molecule has 0 spiro atoms. The Labute approximate surface area is 152 Å². The van der Waals surface area contributed by atoms with Crippen molar-refractivity contribution in [1.29, 1.82) is 0 Å². The number of benzene rings is 2. The first kappa shape index (κ1) is 18.6. The van der Waals surface area contributed by atoms with Crippen molar-refractivity contribution in [3.8, 4) is 11.3 Å². The van der Waals surface area contributed by atoms with Gasteiger partial charge in [0.25, 0.3) is 0 Å². The second-order valence-electron chi connectivity index (χ2n) is 5.97. The molecule has 0 saturated heterocycles. The summed E-state index contributed by atoms with van der Waals surface area (Å²) in [6, 6.07) is 12.1. The fourth-order valence-electron chi connectivity index (χ4n) is 2.65. The maximum absolute atomic E-state index is 14.0. The van der Waals surface area contributed by atoms with Crippen molar-refractivity contribution in [3.63, 3.8) is 0 Å². The zero-order valence-electron chi connectivity index (χ0n) is 13.9. The van der Waals surface area contributed by atoms with Crippen molar-refractivity contribution in [2.75, 3.05) is 0 Å². The molecule has 0 radical (unpaired) electrons. The minimum Gasteiger partial charge on any atom is -0.366 e. The Morgan fingerprint density at radius 1 is 1.00 bits per heavy atom. The molecule has 138 valence electrons. The molecule has 0 atom stereocenters. The van der Waals surface area contributed by atoms with Crippen LogP contribution in [0, 0.1) is 5.82 Å². The topological polar surface area (TPSA) is 56.0 Å². The number of hydrogen-bond acceptors (Lipinski definition) is 2. The molecule has 27 heavy (non-hydrogen) atoms. The molecule has 0 aliphatic rings. The number of pyridine rings is 1. The third-order valence-electron chi connectivity index (χ3n) is 4.06. The first-order valence-corrected chi connectivity index (χ1v) is 7.95. The van der Waals surface area contributed by atoms with Crippen LogP contribution in [0.2, 0.25) is 0 Å². The van der Waals surface area contributed by atoms with Crippen LogP contribution in [0.5, 0.6) is 0 Å². The number of primary amides is 1. The fraction of sp³-hybridized carbons (Fsp3) is 0.100. The summed E-state index contributed by atoms with van der Waals surface area (Å²) >= 11 is 0. The summed E-state index contributed by atoms with van der Waals surface area (Å²) in [5, 5.41) is 0. The van der Waals surface area contributed by atoms with E-state index in [1.807, 2.05) is 0 Å². The molecule has 1 heterocycles. The molecule has 3 rings (SSSR count). The summed E-state index contributed by atoms with van der Waals surface area (Å²) in [6.07, 6.45) is -3.04. The molecule has 7 heteroatoms. The van der Waals surface area contributed by atoms with Crippen LogP contribution in [0.15, 0.2) is 60.8 Å². The maximum atomic E-state index is 14.0. The third-order valence-corrected chi connectivity index (χ3v) is 4.06. The lowest BCUT2D eigenvalue weighted by molar-refractivity contribution is -0.137. The van der Waals surface area contributed by atoms with Crippen LogP contribution in [0.1, 0.15) is 27.0 Å². The van der Waals surface area contributed by atoms with Gasteiger partial charge in [-0.25, -0.2) is 4.39 Å². The molecule has 0 bridgehead atoms. The largest absolute Gasteiger partial charge is 0.416 e. The Morgan fingerprint density at radius 2 is 1.70 bits per heavy atom. The van der Waals surface area contributed by atoms with Gasteiger partial charge in [0.2, 0.25) is 5.91 Å². The smallest absolute Gasteiger partial charge is 0.366 e. The minimum absolute atomic E-state index is 0.00928. The molecule has 3 nitrogen and oxygen atoms in total. The van der Waals surface area contributed by atoms with Gasteiger partial charge in [0.15, 0.2) is 0 Å². The number of nitrogens with two attached hydrogens (primary N) is 1. The number of halogens is 4. The van der Waals surface area contributed by atoms with E-state index in [2.05, 4.69) is 4.98 Å². The zero-order chi connectivity index (χ0) is 19.6. The molecule has 0 aliphatic carbocycles. The van der Waals surface area contributed by atoms with Gasteiger partial charge in [-0.1, -0.05) is 12.1 Å². The Hall–Kier alpha value is -3.22. The van der Waals surface area contributed by atoms with E-state index in [9.17, 15) is 22.4 Å². The molecule has 2 N–H and O–H groups in total. The number of nitrogens with zero attached hydrogens (tertiary/aromatic N) is 1. The summed E-state index contributed by atoms with van der Waals surface area (Å²) in [6.45, 7) is 0. The molecule has 1 amide bonds. The molecule has 1 aromatic heterocycles. The highest BCUT2D eigenvalue weighted by molar-refractivity contribution is 5.93. The highest BCUT2D eigenvalue weighted by Gasteiger charge is 2.31. The van der Waals surface area contributed by atoms with Gasteiger partial charge >= 0.3 is 6.18 Å². The van der Waals surface area contributed by atoms with Crippen LogP contribution in [0.4, 0.5) is 17.6 Å². The molecule has 0 saturated carbocycles. The van der Waals surface area contributed by atoms with Crippen LogP contribution in [0.25, 0.3) is 11.3 Å². The van der Waals surface area contributed by atoms with Crippen molar-refractivity contribution in [1.82, 2.24) is 4.98 Å². The van der Waals surface area contributed by atoms with Gasteiger partial charge in [0.1, 0.15) is 5.82 Å². The first-order valence-electron chi connectivity index (χ1n) is 7.95. The summed E-state index contributed by atoms with van der Waals surface area (Å²) in [4.78, 5) is 15.3. The van der Waals surface area contributed by atoms with Crippen LogP contribution in [0.3, 0.4) is 0 Å². The monoisotopic (exact) mass is 374 g/mol. The number of rotatable bonds is 4. The Bertz CT molecular complexity index is 982. The molecule has 0 unspecified atom stereocenters. The van der Waals surface area contributed by atoms with Gasteiger partial charge in [-0.3, -0.25) is 9.78 Å². The highest BCUT2D eigenvalue weighted by Crippen LogP contribution is 2.31. The number of alkyl halides is 3. The number of aromatic nitrogens is 1. The molecular formula is C20H14F4N2O. The lowest BCUT2D eigenvalue weighted by atomic mass is 10.0. The van der Waals surface area contributed by atoms with Gasteiger partial charge in [-0.05, 0) is 53.6 Å². The summed E-state index contributed by atoms with van der Waals surface area (Å²) < 4.78 is 52.5. The lowest BCUT2D eigenvalue weighted by Crippen LogP contribution is -2.10. The highest BCUT2D eigenvalue weighted by atomic mass is 19.4. The Kier molecular flexibility index (Phi) is 4.94. The molecule has 2 aromatic carbocycles. The first-order chi connectivity index (χ1) is 12.7. The van der Waals surface area contributed by atoms with Crippen molar-refractivity contribution in [2.45, 2.75) is 12.6 Å². The predicted octanol–water partition coefficient (Wildman–Crippen LogP) is 4.60. The number of amides is 1. The second kappa shape index (κ2) is 7.19. The van der Waals surface area contributed by atoms with E-state index in [4.69, 9.17) is 5.73 Å². The second-order valence-corrected chi connectivity index (χ2v) is 5.97. The normalized spacial score (nSPS) is 11.4. The van der Waals surface area contributed by atoms with Crippen molar-refractivity contribution in [3.05, 3.63) is 88.9 Å². The van der Waals surface area contributed by atoms with Gasteiger partial charge < -0.3 is 5.73 Å². The van der Waals surface area contributed by atoms with E-state index in [0.717, 1.165) is 18.2 Å². The summed E-state index contributed by atoms with van der Waals surface area (Å²) in [5.41, 5.74) is 6.46. The number of carbonyl (C=O) groups is 1. The van der Waals surface area contributed by atoms with Crippen molar-refractivity contribution >= 4 is 5.91 Å². The van der Waals surface area contributed by atoms with E-state index in [1.165, 1.54) is 6.20 Å². The van der Waals surface area contributed by atoms with E-state index >= 15 is 0 Å². The van der Waals surface area contributed by atoms with E-state index in [0.29, 0.717) is 22.4 Å². The third kappa shape index (κ3) is 4.31. The van der Waals surface area contributed by atoms with E-state index < -0.39 is 23.5 Å². The molecule has 0 aliphatic heterocycles. The Morgan fingerprint density at radius 3 is 2.33 bits per heavy atom. The SMILES string of the molecule is NC(=O)c1ccc(-c2cc(Cc3cc(C(F)(F)F)ccc3F)ccn2)cc1. The molecular weight excluding hydrogens is 360 g/mol. The summed E-state index contributed by atoms with van der Waals surface area (Å²) in [5.74, 6) is -1.25. The van der Waals surface area contributed by atoms with E-state index in [-0.39, 0.29) is 12.0 Å². The van der Waals surface area contributed by atoms with Crippen LogP contribution in [-0.2, 0) is 12.6 Å². The van der Waals surface area contributed by atoms with Crippen LogP contribution < -0.4 is 5.73 Å². The average Bonchev–Trinajstić information content (AvgIpc) is 2.63. The van der Waals surface area contributed by atoms with Gasteiger partial charge in [-0.15, -0.1) is 0 Å². The minimum atomic E-state index is -4.53. The average molecular weight is 374 g/mol. The maximum Gasteiger partial charge on any atom is 0.416 e. The number of carbonyl (C=O) groups excluding carboxylic acids is 1. The predicted molar refractivity (Wildman–Crippen MR) is 92.4 cm³/mol. The Balaban J connectivity index is 1.89. The quantitative estimate of drug-likeness (QED) is 0.679. The van der Waals surface area contributed by atoms with Gasteiger partial charge in [-0.2, -0.15) is 13.2 Å². The lowest BCUT2D eigenvalue weighted by Gasteiger charge is -2.10. The molecule has 0 fully saturated rings. The standard InChI is InChI=1S/C20H14F4N2O/c21-17-6-5-16(20(22,23)24)11-15(17)9-12-7-8-26-18(10-12)13-1-3-14(4-2-13)19(25)27/h1-8,10-11H,9H2,(H2,25,27). The molecule has 3 aromatic rings. The van der Waals surface area contributed by atoms with Crippen molar-refractivity contribution < 1.29 is 22.4 Å². The zero-order valence-corrected chi connectivity index (χ0v) is 13.9.